The van der Waals surface area contributed by atoms with E-state index in [1.54, 1.807) is 0 Å². The lowest BCUT2D eigenvalue weighted by atomic mass is 9.77. The first-order chi connectivity index (χ1) is 8.92. The number of thioether (sulfide) groups is 1. The zero-order valence-corrected chi connectivity index (χ0v) is 13.7. The van der Waals surface area contributed by atoms with Crippen LogP contribution in [0.3, 0.4) is 0 Å². The van der Waals surface area contributed by atoms with Crippen LogP contribution in [0.5, 0.6) is 0 Å². The van der Waals surface area contributed by atoms with Crippen LogP contribution >= 0.6 is 28.7 Å². The molecular formula is C11H19BrN4O3S. The molecule has 0 radical (unpaired) electrons. The molecule has 0 saturated carbocycles. The zero-order chi connectivity index (χ0) is 14.5. The maximum Gasteiger partial charge on any atom is 0.328 e. The first kappa shape index (κ1) is 18.9. The normalized spacial score (nSPS) is 16.9. The molecule has 0 aromatic heterocycles. The molecule has 9 heteroatoms. The van der Waals surface area contributed by atoms with Gasteiger partial charge >= 0.3 is 6.03 Å². The highest BCUT2D eigenvalue weighted by atomic mass is 79.9. The molecule has 0 bridgehead atoms. The number of barbiturate groups is 1. The number of nitrogens with one attached hydrogen (secondary N) is 3. The predicted octanol–water partition coefficient (Wildman–Crippen LogP) is 1.12. The van der Waals surface area contributed by atoms with Crippen molar-refractivity contribution in [1.29, 1.82) is 5.41 Å². The summed E-state index contributed by atoms with van der Waals surface area (Å²) in [5, 5.41) is 11.4. The van der Waals surface area contributed by atoms with Gasteiger partial charge in [-0.1, -0.05) is 31.5 Å². The standard InChI is InChI=1S/C11H18N4O3S.BrH/c1-2-3-4-11(5-6-19-9(12)13)7(16)14-10(18)15-8(11)17;/h2-6H2,1H3,(H3,12,13)(H2,14,15,16,17,18);1H. The first-order valence-electron chi connectivity index (χ1n) is 6.06. The van der Waals surface area contributed by atoms with Gasteiger partial charge in [0.2, 0.25) is 11.8 Å². The Balaban J connectivity index is 0.00000361. The van der Waals surface area contributed by atoms with Crippen LogP contribution in [0.1, 0.15) is 32.6 Å². The fraction of sp³-hybridized carbons (Fsp3) is 0.636. The number of nitrogens with two attached hydrogens (primary N) is 1. The number of imide groups is 2. The third-order valence-electron chi connectivity index (χ3n) is 3.07. The molecule has 5 N–H and O–H groups in total. The van der Waals surface area contributed by atoms with Crippen molar-refractivity contribution in [3.8, 4) is 0 Å². The molecule has 0 aromatic carbocycles. The fourth-order valence-corrected chi connectivity index (χ4v) is 2.64. The molecule has 114 valence electrons. The van der Waals surface area contributed by atoms with E-state index in [9.17, 15) is 14.4 Å². The molecule has 0 unspecified atom stereocenters. The minimum absolute atomic E-state index is 0. The highest BCUT2D eigenvalue weighted by Gasteiger charge is 2.49. The maximum absolute atomic E-state index is 12.0. The van der Waals surface area contributed by atoms with Crippen LogP contribution in [0.15, 0.2) is 0 Å². The van der Waals surface area contributed by atoms with E-state index >= 15 is 0 Å². The van der Waals surface area contributed by atoms with E-state index in [-0.39, 0.29) is 28.6 Å². The molecule has 4 amide bonds. The molecule has 0 aromatic rings. The third-order valence-corrected chi connectivity index (χ3v) is 3.79. The summed E-state index contributed by atoms with van der Waals surface area (Å²) in [4.78, 5) is 35.2. The van der Waals surface area contributed by atoms with Crippen molar-refractivity contribution >= 4 is 51.8 Å². The van der Waals surface area contributed by atoms with Gasteiger partial charge in [0.25, 0.3) is 0 Å². The molecule has 0 spiro atoms. The lowest BCUT2D eigenvalue weighted by molar-refractivity contribution is -0.145. The topological polar surface area (TPSA) is 125 Å². The molecule has 1 aliphatic rings. The van der Waals surface area contributed by atoms with Crippen LogP contribution in [-0.4, -0.2) is 28.8 Å². The van der Waals surface area contributed by atoms with Gasteiger partial charge < -0.3 is 5.73 Å². The molecule has 0 aliphatic carbocycles. The lowest BCUT2D eigenvalue weighted by Gasteiger charge is -2.33. The second-order valence-corrected chi connectivity index (χ2v) is 5.52. The summed E-state index contributed by atoms with van der Waals surface area (Å²) in [6.45, 7) is 1.96. The van der Waals surface area contributed by atoms with Crippen LogP contribution in [0.4, 0.5) is 4.79 Å². The SMILES string of the molecule is Br.CCCCC1(CCSC(=N)N)C(=O)NC(=O)NC1=O. The molecule has 1 aliphatic heterocycles. The van der Waals surface area contributed by atoms with Crippen LogP contribution in [0.25, 0.3) is 0 Å². The van der Waals surface area contributed by atoms with Crippen molar-refractivity contribution in [2.24, 2.45) is 11.1 Å². The van der Waals surface area contributed by atoms with E-state index in [2.05, 4.69) is 10.6 Å². The fourth-order valence-electron chi connectivity index (χ4n) is 1.97. The van der Waals surface area contributed by atoms with Gasteiger partial charge in [-0.3, -0.25) is 25.6 Å². The minimum Gasteiger partial charge on any atom is -0.379 e. The number of urea groups is 1. The average Bonchev–Trinajstić information content (AvgIpc) is 2.31. The van der Waals surface area contributed by atoms with Gasteiger partial charge in [-0.2, -0.15) is 0 Å². The van der Waals surface area contributed by atoms with E-state index in [1.807, 2.05) is 6.92 Å². The van der Waals surface area contributed by atoms with Gasteiger partial charge in [-0.25, -0.2) is 4.79 Å². The molecule has 1 heterocycles. The first-order valence-corrected chi connectivity index (χ1v) is 7.04. The van der Waals surface area contributed by atoms with Crippen LogP contribution < -0.4 is 16.4 Å². The molecule has 20 heavy (non-hydrogen) atoms. The number of amidine groups is 1. The van der Waals surface area contributed by atoms with E-state index in [0.717, 1.165) is 18.2 Å². The summed E-state index contributed by atoms with van der Waals surface area (Å²) in [7, 11) is 0. The second kappa shape index (κ2) is 8.25. The van der Waals surface area contributed by atoms with E-state index < -0.39 is 23.3 Å². The summed E-state index contributed by atoms with van der Waals surface area (Å²) in [5.74, 6) is -0.730. The molecule has 1 saturated heterocycles. The summed E-state index contributed by atoms with van der Waals surface area (Å²) >= 11 is 1.08. The molecule has 1 rings (SSSR count). The van der Waals surface area contributed by atoms with Crippen molar-refractivity contribution in [3.05, 3.63) is 0 Å². The van der Waals surface area contributed by atoms with Crippen molar-refractivity contribution in [2.45, 2.75) is 32.6 Å². The summed E-state index contributed by atoms with van der Waals surface area (Å²) in [5.41, 5.74) is 4.00. The van der Waals surface area contributed by atoms with Crippen molar-refractivity contribution in [1.82, 2.24) is 10.6 Å². The predicted molar refractivity (Wildman–Crippen MR) is 83.0 cm³/mol. The van der Waals surface area contributed by atoms with Gasteiger partial charge in [0.05, 0.1) is 0 Å². The van der Waals surface area contributed by atoms with E-state index in [0.29, 0.717) is 18.6 Å². The number of halogens is 1. The van der Waals surface area contributed by atoms with Crippen LogP contribution in [0, 0.1) is 10.8 Å². The quantitative estimate of drug-likeness (QED) is 0.318. The van der Waals surface area contributed by atoms with E-state index in [1.165, 1.54) is 0 Å². The van der Waals surface area contributed by atoms with Crippen LogP contribution in [-0.2, 0) is 9.59 Å². The Morgan fingerprint density at radius 2 is 1.80 bits per heavy atom. The summed E-state index contributed by atoms with van der Waals surface area (Å²) in [6, 6.07) is -0.777. The Kier molecular flexibility index (Phi) is 7.80. The number of hydrogen-bond acceptors (Lipinski definition) is 5. The number of carbonyl (C=O) groups is 3. The Bertz CT molecular complexity index is 396. The Morgan fingerprint density at radius 3 is 2.25 bits per heavy atom. The number of carbonyl (C=O) groups excluding carboxylic acids is 3. The zero-order valence-electron chi connectivity index (χ0n) is 11.2. The van der Waals surface area contributed by atoms with Gasteiger partial charge in [0.1, 0.15) is 5.41 Å². The molecule has 0 atom stereocenters. The van der Waals surface area contributed by atoms with Gasteiger partial charge in [-0.15, -0.1) is 17.0 Å². The van der Waals surface area contributed by atoms with Crippen molar-refractivity contribution in [3.63, 3.8) is 0 Å². The van der Waals surface area contributed by atoms with Gasteiger partial charge in [0, 0.05) is 5.75 Å². The largest absolute Gasteiger partial charge is 0.379 e. The monoisotopic (exact) mass is 366 g/mol. The maximum atomic E-state index is 12.0. The number of rotatable bonds is 6. The number of amides is 4. The average molecular weight is 367 g/mol. The molecule has 1 fully saturated rings. The molecular weight excluding hydrogens is 348 g/mol. The summed E-state index contributed by atoms with van der Waals surface area (Å²) in [6.07, 6.45) is 2.19. The lowest BCUT2D eigenvalue weighted by Crippen LogP contribution is -2.62. The smallest absolute Gasteiger partial charge is 0.328 e. The van der Waals surface area contributed by atoms with E-state index in [4.69, 9.17) is 11.1 Å². The highest BCUT2D eigenvalue weighted by Crippen LogP contribution is 2.33. The Morgan fingerprint density at radius 1 is 1.25 bits per heavy atom. The third kappa shape index (κ3) is 4.48. The minimum atomic E-state index is -1.23. The molecule has 7 nitrogen and oxygen atoms in total. The van der Waals surface area contributed by atoms with Crippen molar-refractivity contribution in [2.75, 3.05) is 5.75 Å². The van der Waals surface area contributed by atoms with Crippen LogP contribution in [0.2, 0.25) is 0 Å². The van der Waals surface area contributed by atoms with Crippen molar-refractivity contribution < 1.29 is 14.4 Å². The highest BCUT2D eigenvalue weighted by molar-refractivity contribution is 8.93. The number of hydrogen-bond donors (Lipinski definition) is 4. The Hall–Kier alpha value is -1.09. The number of unbranched alkanes of at least 4 members (excludes halogenated alkanes) is 1. The van der Waals surface area contributed by atoms with Gasteiger partial charge in [0.15, 0.2) is 5.17 Å². The van der Waals surface area contributed by atoms with Gasteiger partial charge in [-0.05, 0) is 12.8 Å². The summed E-state index contributed by atoms with van der Waals surface area (Å²) < 4.78 is 0. The Labute approximate surface area is 132 Å². The second-order valence-electron chi connectivity index (χ2n) is 4.39.